The van der Waals surface area contributed by atoms with Gasteiger partial charge in [0.15, 0.2) is 4.80 Å². The van der Waals surface area contributed by atoms with Crippen molar-refractivity contribution >= 4 is 55.0 Å². The molecule has 4 aromatic rings. The predicted octanol–water partition coefficient (Wildman–Crippen LogP) is 5.56. The van der Waals surface area contributed by atoms with Crippen molar-refractivity contribution in [2.75, 3.05) is 7.11 Å². The van der Waals surface area contributed by atoms with Gasteiger partial charge in [-0.25, -0.2) is 4.99 Å². The molecule has 5 nitrogen and oxygen atoms in total. The summed E-state index contributed by atoms with van der Waals surface area (Å²) in [7, 11) is 1.65. The molecule has 0 saturated heterocycles. The average Bonchev–Trinajstić information content (AvgIpc) is 3.20. The van der Waals surface area contributed by atoms with Crippen molar-refractivity contribution < 1.29 is 9.84 Å². The number of ether oxygens (including phenoxy) is 1. The molecular formula is C28H20Br2N2O3S. The lowest BCUT2D eigenvalue weighted by Crippen LogP contribution is -2.38. The Labute approximate surface area is 228 Å². The molecule has 0 radical (unpaired) electrons. The van der Waals surface area contributed by atoms with Crippen molar-refractivity contribution in [1.82, 2.24) is 4.57 Å². The molecule has 36 heavy (non-hydrogen) atoms. The summed E-state index contributed by atoms with van der Waals surface area (Å²) in [6.07, 6.45) is 3.45. The smallest absolute Gasteiger partial charge is 0.271 e. The average molecular weight is 624 g/mol. The minimum absolute atomic E-state index is 0.0848. The highest BCUT2D eigenvalue weighted by Gasteiger charge is 2.32. The number of allylic oxidation sites excluding steroid dienone is 1. The maximum absolute atomic E-state index is 13.9. The highest BCUT2D eigenvalue weighted by molar-refractivity contribution is 9.11. The van der Waals surface area contributed by atoms with Crippen LogP contribution in [-0.4, -0.2) is 16.8 Å². The van der Waals surface area contributed by atoms with Gasteiger partial charge < -0.3 is 9.84 Å². The van der Waals surface area contributed by atoms with Gasteiger partial charge >= 0.3 is 0 Å². The van der Waals surface area contributed by atoms with E-state index in [1.165, 1.54) is 16.9 Å². The monoisotopic (exact) mass is 622 g/mol. The summed E-state index contributed by atoms with van der Waals surface area (Å²) < 4.78 is 9.16. The highest BCUT2D eigenvalue weighted by atomic mass is 79.9. The third-order valence-corrected chi connectivity index (χ3v) is 8.67. The molecule has 180 valence electrons. The van der Waals surface area contributed by atoms with Crippen molar-refractivity contribution in [2.45, 2.75) is 18.9 Å². The lowest BCUT2D eigenvalue weighted by atomic mass is 9.83. The summed E-state index contributed by atoms with van der Waals surface area (Å²) in [5.74, 6) is 0.829. The molecule has 0 fully saturated rings. The maximum atomic E-state index is 13.9. The van der Waals surface area contributed by atoms with Gasteiger partial charge in [-0.15, -0.1) is 0 Å². The van der Waals surface area contributed by atoms with E-state index in [0.717, 1.165) is 45.5 Å². The number of benzene rings is 3. The Balaban J connectivity index is 1.64. The largest absolute Gasteiger partial charge is 0.506 e. The molecule has 0 amide bonds. The number of fused-ring (bicyclic) bond motifs is 3. The molecule has 1 aliphatic heterocycles. The van der Waals surface area contributed by atoms with Crippen molar-refractivity contribution in [3.05, 3.63) is 117 Å². The van der Waals surface area contributed by atoms with E-state index in [2.05, 4.69) is 50.1 Å². The number of phenolic OH excluding ortho intramolecular Hbond substituents is 1. The summed E-state index contributed by atoms with van der Waals surface area (Å²) in [5.41, 5.74) is 5.88. The van der Waals surface area contributed by atoms with Crippen LogP contribution in [0, 0.1) is 0 Å². The molecule has 0 bridgehead atoms. The molecule has 1 aromatic heterocycles. The third-order valence-electron chi connectivity index (χ3n) is 6.63. The number of thiazole rings is 1. The van der Waals surface area contributed by atoms with Gasteiger partial charge in [0, 0.05) is 15.6 Å². The van der Waals surface area contributed by atoms with Gasteiger partial charge in [0.2, 0.25) is 0 Å². The van der Waals surface area contributed by atoms with Crippen molar-refractivity contribution in [2.24, 2.45) is 4.99 Å². The fraction of sp³-hybridized carbons (Fsp3) is 0.143. The molecule has 1 aliphatic carbocycles. The molecule has 0 saturated carbocycles. The first kappa shape index (κ1) is 23.5. The van der Waals surface area contributed by atoms with E-state index in [1.54, 1.807) is 29.9 Å². The van der Waals surface area contributed by atoms with E-state index in [9.17, 15) is 9.90 Å². The molecule has 6 rings (SSSR count). The van der Waals surface area contributed by atoms with E-state index in [-0.39, 0.29) is 17.4 Å². The Morgan fingerprint density at radius 1 is 1.11 bits per heavy atom. The first-order chi connectivity index (χ1) is 17.4. The summed E-state index contributed by atoms with van der Waals surface area (Å²) in [4.78, 5) is 19.6. The topological polar surface area (TPSA) is 63.8 Å². The van der Waals surface area contributed by atoms with Crippen LogP contribution < -0.4 is 19.6 Å². The van der Waals surface area contributed by atoms with E-state index >= 15 is 0 Å². The number of phenols is 1. The summed E-state index contributed by atoms with van der Waals surface area (Å²) in [5, 5.41) is 10.6. The number of aryl methyl sites for hydroxylation is 1. The molecule has 1 atom stereocenters. The third kappa shape index (κ3) is 3.88. The van der Waals surface area contributed by atoms with Crippen LogP contribution in [-0.2, 0) is 6.42 Å². The Morgan fingerprint density at radius 2 is 1.94 bits per heavy atom. The van der Waals surface area contributed by atoms with Gasteiger partial charge in [-0.1, -0.05) is 63.7 Å². The standard InChI is InChI=1S/C28H20Br2N2O3S/c1-35-19-7-4-6-16(12-19)25-21-10-9-15-5-2-3-8-20(15)24(21)31-28-32(25)27(34)23(36-28)13-17-11-18(29)14-22(30)26(17)33/h2-8,11-14,25,33H,9-10H2,1H3/b23-13+/t25-/m1/s1. The minimum atomic E-state index is -0.287. The molecule has 1 N–H and O–H groups in total. The first-order valence-corrected chi connectivity index (χ1v) is 13.8. The SMILES string of the molecule is COc1cccc([C@@H]2C3=C(N=c4s/c(=C/c5cc(Br)cc(Br)c5O)c(=O)n42)c2ccccc2CC3)c1. The molecule has 0 unspecified atom stereocenters. The number of nitrogens with zero attached hydrogens (tertiary/aromatic N) is 2. The molecule has 0 spiro atoms. The molecule has 3 aromatic carbocycles. The molecule has 2 heterocycles. The normalized spacial score (nSPS) is 16.8. The number of hydrogen-bond acceptors (Lipinski definition) is 5. The van der Waals surface area contributed by atoms with Gasteiger partial charge in [-0.2, -0.15) is 0 Å². The number of aromatic nitrogens is 1. The van der Waals surface area contributed by atoms with Gasteiger partial charge in [0.1, 0.15) is 11.5 Å². The summed E-state index contributed by atoms with van der Waals surface area (Å²) >= 11 is 8.18. The summed E-state index contributed by atoms with van der Waals surface area (Å²) in [6.45, 7) is 0. The zero-order valence-electron chi connectivity index (χ0n) is 19.2. The zero-order valence-corrected chi connectivity index (χ0v) is 23.2. The van der Waals surface area contributed by atoms with Crippen LogP contribution in [0.2, 0.25) is 0 Å². The summed E-state index contributed by atoms with van der Waals surface area (Å²) in [6, 6.07) is 19.5. The molecule has 8 heteroatoms. The van der Waals surface area contributed by atoms with Crippen molar-refractivity contribution in [1.29, 1.82) is 0 Å². The Hall–Kier alpha value is -2.94. The van der Waals surface area contributed by atoms with Crippen LogP contribution >= 0.6 is 43.2 Å². The van der Waals surface area contributed by atoms with Crippen LogP contribution in [0.25, 0.3) is 11.8 Å². The van der Waals surface area contributed by atoms with E-state index in [1.807, 2.05) is 30.3 Å². The number of methoxy groups -OCH3 is 1. The second-order valence-corrected chi connectivity index (χ2v) is 11.5. The van der Waals surface area contributed by atoms with Gasteiger partial charge in [-0.05, 0) is 75.8 Å². The lowest BCUT2D eigenvalue weighted by molar-refractivity contribution is 0.413. The lowest BCUT2D eigenvalue weighted by Gasteiger charge is -2.31. The Kier molecular flexibility index (Phi) is 5.98. The predicted molar refractivity (Wildman–Crippen MR) is 149 cm³/mol. The van der Waals surface area contributed by atoms with Gasteiger partial charge in [0.25, 0.3) is 5.56 Å². The van der Waals surface area contributed by atoms with Crippen LogP contribution in [0.1, 0.15) is 34.7 Å². The minimum Gasteiger partial charge on any atom is -0.506 e. The fourth-order valence-electron chi connectivity index (χ4n) is 4.97. The van der Waals surface area contributed by atoms with Crippen LogP contribution in [0.4, 0.5) is 0 Å². The maximum Gasteiger partial charge on any atom is 0.271 e. The van der Waals surface area contributed by atoms with E-state index in [0.29, 0.717) is 19.4 Å². The molecular weight excluding hydrogens is 604 g/mol. The van der Waals surface area contributed by atoms with Gasteiger partial charge in [0.05, 0.1) is 27.9 Å². The number of halogens is 2. The second kappa shape index (κ2) is 9.18. The highest BCUT2D eigenvalue weighted by Crippen LogP contribution is 2.41. The van der Waals surface area contributed by atoms with E-state index < -0.39 is 0 Å². The first-order valence-electron chi connectivity index (χ1n) is 11.4. The number of aromatic hydroxyl groups is 1. The van der Waals surface area contributed by atoms with Crippen LogP contribution in [0.3, 0.4) is 0 Å². The zero-order chi connectivity index (χ0) is 25.0. The molecule has 2 aliphatic rings. The van der Waals surface area contributed by atoms with Crippen molar-refractivity contribution in [3.8, 4) is 11.5 Å². The van der Waals surface area contributed by atoms with Crippen LogP contribution in [0.5, 0.6) is 11.5 Å². The van der Waals surface area contributed by atoms with E-state index in [4.69, 9.17) is 9.73 Å². The van der Waals surface area contributed by atoms with Gasteiger partial charge in [-0.3, -0.25) is 9.36 Å². The second-order valence-electron chi connectivity index (χ2n) is 8.72. The number of hydrogen-bond donors (Lipinski definition) is 1. The van der Waals surface area contributed by atoms with Crippen LogP contribution in [0.15, 0.2) is 85.0 Å². The number of rotatable bonds is 3. The van der Waals surface area contributed by atoms with Crippen molar-refractivity contribution in [3.63, 3.8) is 0 Å². The fourth-order valence-corrected chi connectivity index (χ4v) is 7.22. The Bertz CT molecular complexity index is 1750. The quantitative estimate of drug-likeness (QED) is 0.325. The Morgan fingerprint density at radius 3 is 2.78 bits per heavy atom.